The molecule has 0 bridgehead atoms. The van der Waals surface area contributed by atoms with Crippen LogP contribution in [0.4, 0.5) is 15.8 Å². The second-order valence-electron chi connectivity index (χ2n) is 6.12. The van der Waals surface area contributed by atoms with Crippen LogP contribution in [0, 0.1) is 17.7 Å². The summed E-state index contributed by atoms with van der Waals surface area (Å²) in [5.74, 6) is -0.300. The number of rotatable bonds is 3. The molecule has 2 rings (SSSR count). The van der Waals surface area contributed by atoms with E-state index in [2.05, 4.69) is 13.8 Å². The number of anilines is 2. The van der Waals surface area contributed by atoms with Crippen LogP contribution in [-0.4, -0.2) is 24.2 Å². The van der Waals surface area contributed by atoms with Crippen LogP contribution in [0.1, 0.15) is 43.5 Å². The maximum absolute atomic E-state index is 14.2. The number of halogens is 1. The molecule has 1 fully saturated rings. The van der Waals surface area contributed by atoms with E-state index in [0.29, 0.717) is 17.5 Å². The Hall–Kier alpha value is -1.78. The van der Waals surface area contributed by atoms with Crippen LogP contribution >= 0.6 is 0 Å². The van der Waals surface area contributed by atoms with E-state index in [1.165, 1.54) is 6.07 Å². The Balaban J connectivity index is 2.25. The van der Waals surface area contributed by atoms with Crippen molar-refractivity contribution in [1.29, 1.82) is 0 Å². The smallest absolute Gasteiger partial charge is 0.337 e. The highest BCUT2D eigenvalue weighted by molar-refractivity contribution is 5.95. The van der Waals surface area contributed by atoms with Gasteiger partial charge in [0.2, 0.25) is 0 Å². The molecule has 1 saturated heterocycles. The summed E-state index contributed by atoms with van der Waals surface area (Å²) >= 11 is 0. The van der Waals surface area contributed by atoms with Crippen molar-refractivity contribution in [1.82, 2.24) is 0 Å². The second kappa shape index (κ2) is 6.33. The Labute approximate surface area is 124 Å². The van der Waals surface area contributed by atoms with Gasteiger partial charge in [-0.2, -0.15) is 0 Å². The number of nitrogen functional groups attached to an aromatic ring is 1. The number of benzene rings is 1. The summed E-state index contributed by atoms with van der Waals surface area (Å²) in [6.07, 6.45) is 3.13. The lowest BCUT2D eigenvalue weighted by molar-refractivity contribution is 0.0698. The SMILES string of the molecule is CC(C)C1CCCN(c2cc(C(=O)O)c(N)cc2F)CC1. The van der Waals surface area contributed by atoms with E-state index >= 15 is 0 Å². The van der Waals surface area contributed by atoms with Crippen molar-refractivity contribution < 1.29 is 14.3 Å². The molecule has 0 amide bonds. The highest BCUT2D eigenvalue weighted by atomic mass is 19.1. The molecule has 1 atom stereocenters. The average Bonchev–Trinajstić information content (AvgIpc) is 2.64. The van der Waals surface area contributed by atoms with Gasteiger partial charge >= 0.3 is 5.97 Å². The lowest BCUT2D eigenvalue weighted by atomic mass is 9.89. The first-order chi connectivity index (χ1) is 9.90. The van der Waals surface area contributed by atoms with Crippen molar-refractivity contribution in [2.75, 3.05) is 23.7 Å². The van der Waals surface area contributed by atoms with E-state index in [9.17, 15) is 9.18 Å². The van der Waals surface area contributed by atoms with Crippen LogP contribution in [0.2, 0.25) is 0 Å². The second-order valence-corrected chi connectivity index (χ2v) is 6.12. The molecule has 0 radical (unpaired) electrons. The predicted octanol–water partition coefficient (Wildman–Crippen LogP) is 3.37. The van der Waals surface area contributed by atoms with Gasteiger partial charge in [0.25, 0.3) is 0 Å². The Kier molecular flexibility index (Phi) is 4.70. The summed E-state index contributed by atoms with van der Waals surface area (Å²) in [5, 5.41) is 9.13. The zero-order chi connectivity index (χ0) is 15.6. The number of carbonyl (C=O) groups is 1. The molecule has 1 unspecified atom stereocenters. The third-order valence-corrected chi connectivity index (χ3v) is 4.41. The van der Waals surface area contributed by atoms with Gasteiger partial charge in [0.15, 0.2) is 0 Å². The van der Waals surface area contributed by atoms with Crippen LogP contribution in [0.25, 0.3) is 0 Å². The first-order valence-corrected chi connectivity index (χ1v) is 7.47. The monoisotopic (exact) mass is 294 g/mol. The normalized spacial score (nSPS) is 19.6. The van der Waals surface area contributed by atoms with Gasteiger partial charge < -0.3 is 15.7 Å². The molecule has 3 N–H and O–H groups in total. The third-order valence-electron chi connectivity index (χ3n) is 4.41. The van der Waals surface area contributed by atoms with Crippen LogP contribution in [0.5, 0.6) is 0 Å². The molecular weight excluding hydrogens is 271 g/mol. The Morgan fingerprint density at radius 2 is 2.10 bits per heavy atom. The molecule has 4 nitrogen and oxygen atoms in total. The first-order valence-electron chi connectivity index (χ1n) is 7.47. The van der Waals surface area contributed by atoms with E-state index in [1.54, 1.807) is 0 Å². The molecule has 0 saturated carbocycles. The number of hydrogen-bond donors (Lipinski definition) is 2. The van der Waals surface area contributed by atoms with Crippen molar-refractivity contribution in [2.45, 2.75) is 33.1 Å². The highest BCUT2D eigenvalue weighted by Gasteiger charge is 2.23. The Morgan fingerprint density at radius 1 is 1.38 bits per heavy atom. The molecule has 21 heavy (non-hydrogen) atoms. The molecule has 5 heteroatoms. The standard InChI is InChI=1S/C16H23FN2O2/c1-10(2)11-4-3-6-19(7-5-11)15-8-12(16(20)21)14(18)9-13(15)17/h8-11H,3-7,18H2,1-2H3,(H,20,21). The molecular formula is C16H23FN2O2. The van der Waals surface area contributed by atoms with Gasteiger partial charge in [-0.15, -0.1) is 0 Å². The Morgan fingerprint density at radius 3 is 2.71 bits per heavy atom. The number of nitrogens with zero attached hydrogens (tertiary/aromatic N) is 1. The summed E-state index contributed by atoms with van der Waals surface area (Å²) in [6, 6.07) is 2.48. The lowest BCUT2D eigenvalue weighted by Crippen LogP contribution is -2.26. The van der Waals surface area contributed by atoms with Crippen molar-refractivity contribution in [2.24, 2.45) is 11.8 Å². The minimum Gasteiger partial charge on any atom is -0.478 e. The molecule has 0 aliphatic carbocycles. The molecule has 116 valence electrons. The van der Waals surface area contributed by atoms with Gasteiger partial charge in [-0.25, -0.2) is 9.18 Å². The molecule has 1 aromatic carbocycles. The molecule has 1 aromatic rings. The van der Waals surface area contributed by atoms with E-state index in [1.807, 2.05) is 4.90 Å². The number of aromatic carboxylic acids is 1. The fraction of sp³-hybridized carbons (Fsp3) is 0.562. The van der Waals surface area contributed by atoms with E-state index in [-0.39, 0.29) is 11.3 Å². The zero-order valence-corrected chi connectivity index (χ0v) is 12.6. The Bertz CT molecular complexity index is 531. The van der Waals surface area contributed by atoms with Crippen molar-refractivity contribution in [3.05, 3.63) is 23.5 Å². The zero-order valence-electron chi connectivity index (χ0n) is 12.6. The average molecular weight is 294 g/mol. The fourth-order valence-corrected chi connectivity index (χ4v) is 3.03. The first kappa shape index (κ1) is 15.6. The van der Waals surface area contributed by atoms with Crippen LogP contribution < -0.4 is 10.6 Å². The van der Waals surface area contributed by atoms with Gasteiger partial charge in [-0.1, -0.05) is 13.8 Å². The molecule has 1 heterocycles. The number of carboxylic acid groups (broad SMARTS) is 1. The van der Waals surface area contributed by atoms with Crippen molar-refractivity contribution in [3.63, 3.8) is 0 Å². The van der Waals surface area contributed by atoms with Crippen molar-refractivity contribution >= 4 is 17.3 Å². The number of carboxylic acids is 1. The number of hydrogen-bond acceptors (Lipinski definition) is 3. The predicted molar refractivity (Wildman–Crippen MR) is 82.2 cm³/mol. The van der Waals surface area contributed by atoms with Crippen LogP contribution in [0.15, 0.2) is 12.1 Å². The summed E-state index contributed by atoms with van der Waals surface area (Å²) in [5.41, 5.74) is 5.87. The highest BCUT2D eigenvalue weighted by Crippen LogP contribution is 2.30. The van der Waals surface area contributed by atoms with Gasteiger partial charge in [0, 0.05) is 18.8 Å². The van der Waals surface area contributed by atoms with Crippen LogP contribution in [0.3, 0.4) is 0 Å². The maximum Gasteiger partial charge on any atom is 0.337 e. The minimum atomic E-state index is -1.12. The van der Waals surface area contributed by atoms with E-state index < -0.39 is 11.8 Å². The van der Waals surface area contributed by atoms with Gasteiger partial charge in [0.1, 0.15) is 5.82 Å². The number of nitrogens with two attached hydrogens (primary N) is 1. The third kappa shape index (κ3) is 3.46. The summed E-state index contributed by atoms with van der Waals surface area (Å²) in [7, 11) is 0. The minimum absolute atomic E-state index is 0.0290. The molecule has 1 aliphatic rings. The van der Waals surface area contributed by atoms with Crippen LogP contribution in [-0.2, 0) is 0 Å². The quantitative estimate of drug-likeness (QED) is 0.839. The fourth-order valence-electron chi connectivity index (χ4n) is 3.03. The largest absolute Gasteiger partial charge is 0.478 e. The van der Waals surface area contributed by atoms with Crippen molar-refractivity contribution in [3.8, 4) is 0 Å². The lowest BCUT2D eigenvalue weighted by Gasteiger charge is -2.24. The van der Waals surface area contributed by atoms with Gasteiger partial charge in [-0.05, 0) is 43.2 Å². The summed E-state index contributed by atoms with van der Waals surface area (Å²) < 4.78 is 14.2. The molecule has 0 spiro atoms. The molecule has 1 aliphatic heterocycles. The topological polar surface area (TPSA) is 66.6 Å². The summed E-state index contributed by atoms with van der Waals surface area (Å²) in [4.78, 5) is 13.1. The van der Waals surface area contributed by atoms with E-state index in [4.69, 9.17) is 10.8 Å². The van der Waals surface area contributed by atoms with Gasteiger partial charge in [-0.3, -0.25) is 0 Å². The van der Waals surface area contributed by atoms with E-state index in [0.717, 1.165) is 38.4 Å². The van der Waals surface area contributed by atoms with Gasteiger partial charge in [0.05, 0.1) is 11.3 Å². The molecule has 0 aromatic heterocycles. The maximum atomic E-state index is 14.2. The summed E-state index contributed by atoms with van der Waals surface area (Å²) in [6.45, 7) is 5.94.